The van der Waals surface area contributed by atoms with E-state index in [1.54, 1.807) is 0 Å². The fourth-order valence-corrected chi connectivity index (χ4v) is 1.13. The molecule has 0 spiro atoms. The number of rotatable bonds is 3. The molecule has 92 valence electrons. The molecule has 0 aliphatic carbocycles. The van der Waals surface area contributed by atoms with Crippen LogP contribution in [0.15, 0.2) is 18.2 Å². The highest BCUT2D eigenvalue weighted by atomic mass is 19.1. The SMILES string of the molecule is CC(=O)O[C@@H](C)C(=O)Nc1ccc(F)cc1F. The summed E-state index contributed by atoms with van der Waals surface area (Å²) >= 11 is 0. The van der Waals surface area contributed by atoms with Crippen LogP contribution in [0.3, 0.4) is 0 Å². The third-order valence-corrected chi connectivity index (χ3v) is 1.90. The lowest BCUT2D eigenvalue weighted by molar-refractivity contribution is -0.150. The molecule has 0 saturated heterocycles. The Labute approximate surface area is 96.6 Å². The molecular weight excluding hydrogens is 232 g/mol. The predicted octanol–water partition coefficient (Wildman–Crippen LogP) is 1.85. The first-order valence-corrected chi connectivity index (χ1v) is 4.83. The number of anilines is 1. The van der Waals surface area contributed by atoms with Crippen LogP contribution >= 0.6 is 0 Å². The van der Waals surface area contributed by atoms with Gasteiger partial charge in [-0.05, 0) is 19.1 Å². The number of amides is 1. The summed E-state index contributed by atoms with van der Waals surface area (Å²) in [6.07, 6.45) is -1.04. The molecule has 1 rings (SSSR count). The van der Waals surface area contributed by atoms with Crippen molar-refractivity contribution in [3.05, 3.63) is 29.8 Å². The molecule has 1 aromatic carbocycles. The number of nitrogens with one attached hydrogen (secondary N) is 1. The lowest BCUT2D eigenvalue weighted by Gasteiger charge is -2.12. The zero-order valence-electron chi connectivity index (χ0n) is 9.29. The van der Waals surface area contributed by atoms with Gasteiger partial charge in [-0.25, -0.2) is 8.78 Å². The van der Waals surface area contributed by atoms with Crippen molar-refractivity contribution >= 4 is 17.6 Å². The van der Waals surface area contributed by atoms with E-state index in [1.165, 1.54) is 6.92 Å². The van der Waals surface area contributed by atoms with E-state index in [9.17, 15) is 18.4 Å². The maximum Gasteiger partial charge on any atom is 0.303 e. The molecule has 1 amide bonds. The average Bonchev–Trinajstić information content (AvgIpc) is 2.21. The van der Waals surface area contributed by atoms with Gasteiger partial charge in [-0.3, -0.25) is 9.59 Å². The summed E-state index contributed by atoms with van der Waals surface area (Å²) < 4.78 is 30.4. The quantitative estimate of drug-likeness (QED) is 0.824. The summed E-state index contributed by atoms with van der Waals surface area (Å²) in [6.45, 7) is 2.50. The molecule has 0 bridgehead atoms. The second-order valence-electron chi connectivity index (χ2n) is 3.37. The number of hydrogen-bond donors (Lipinski definition) is 1. The second kappa shape index (κ2) is 5.38. The van der Waals surface area contributed by atoms with Crippen molar-refractivity contribution in [2.75, 3.05) is 5.32 Å². The van der Waals surface area contributed by atoms with Crippen molar-refractivity contribution in [1.29, 1.82) is 0 Å². The van der Waals surface area contributed by atoms with E-state index in [-0.39, 0.29) is 5.69 Å². The summed E-state index contributed by atoms with van der Waals surface area (Å²) in [7, 11) is 0. The highest BCUT2D eigenvalue weighted by Gasteiger charge is 2.17. The maximum absolute atomic E-state index is 13.2. The summed E-state index contributed by atoms with van der Waals surface area (Å²) in [5.41, 5.74) is -0.171. The maximum atomic E-state index is 13.2. The van der Waals surface area contributed by atoms with Crippen molar-refractivity contribution in [2.24, 2.45) is 0 Å². The smallest absolute Gasteiger partial charge is 0.303 e. The molecule has 0 aliphatic rings. The van der Waals surface area contributed by atoms with Crippen LogP contribution in [-0.4, -0.2) is 18.0 Å². The van der Waals surface area contributed by atoms with Crippen LogP contribution in [0.2, 0.25) is 0 Å². The van der Waals surface area contributed by atoms with E-state index in [0.29, 0.717) is 6.07 Å². The molecule has 4 nitrogen and oxygen atoms in total. The second-order valence-corrected chi connectivity index (χ2v) is 3.37. The van der Waals surface area contributed by atoms with Crippen LogP contribution in [0.25, 0.3) is 0 Å². The molecule has 0 unspecified atom stereocenters. The highest BCUT2D eigenvalue weighted by Crippen LogP contribution is 2.15. The Morgan fingerprint density at radius 1 is 1.35 bits per heavy atom. The summed E-state index contributed by atoms with van der Waals surface area (Å²) in [6, 6.07) is 2.74. The Morgan fingerprint density at radius 2 is 2.00 bits per heavy atom. The number of carbonyl (C=O) groups is 2. The van der Waals surface area contributed by atoms with Crippen molar-refractivity contribution < 1.29 is 23.1 Å². The van der Waals surface area contributed by atoms with Crippen LogP contribution in [0.4, 0.5) is 14.5 Å². The van der Waals surface area contributed by atoms with Gasteiger partial charge < -0.3 is 10.1 Å². The van der Waals surface area contributed by atoms with E-state index in [0.717, 1.165) is 19.1 Å². The molecule has 17 heavy (non-hydrogen) atoms. The minimum atomic E-state index is -1.04. The average molecular weight is 243 g/mol. The fraction of sp³-hybridized carbons (Fsp3) is 0.273. The van der Waals surface area contributed by atoms with Crippen molar-refractivity contribution in [3.63, 3.8) is 0 Å². The van der Waals surface area contributed by atoms with Crippen LogP contribution in [0, 0.1) is 11.6 Å². The van der Waals surface area contributed by atoms with Crippen molar-refractivity contribution in [3.8, 4) is 0 Å². The van der Waals surface area contributed by atoms with Gasteiger partial charge in [0.25, 0.3) is 5.91 Å². The van der Waals surface area contributed by atoms with Gasteiger partial charge in [0.05, 0.1) is 5.69 Å². The van der Waals surface area contributed by atoms with Gasteiger partial charge in [-0.1, -0.05) is 0 Å². The Balaban J connectivity index is 2.71. The fourth-order valence-electron chi connectivity index (χ4n) is 1.13. The number of halogens is 2. The standard InChI is InChI=1S/C11H11F2NO3/c1-6(17-7(2)15)11(16)14-10-4-3-8(12)5-9(10)13/h3-6H,1-2H3,(H,14,16)/t6-/m0/s1. The van der Waals surface area contributed by atoms with Crippen LogP contribution in [0.1, 0.15) is 13.8 Å². The number of esters is 1. The Hall–Kier alpha value is -1.98. The van der Waals surface area contributed by atoms with Gasteiger partial charge in [-0.15, -0.1) is 0 Å². The van der Waals surface area contributed by atoms with Gasteiger partial charge in [0.1, 0.15) is 11.6 Å². The molecular formula is C11H11F2NO3. The minimum absolute atomic E-state index is 0.171. The zero-order valence-corrected chi connectivity index (χ0v) is 9.29. The van der Waals surface area contributed by atoms with E-state index >= 15 is 0 Å². The number of carbonyl (C=O) groups excluding carboxylic acids is 2. The molecule has 1 atom stereocenters. The molecule has 0 radical (unpaired) electrons. The van der Waals surface area contributed by atoms with Gasteiger partial charge in [0.2, 0.25) is 0 Å². The summed E-state index contributed by atoms with van der Waals surface area (Å²) in [4.78, 5) is 22.0. The third-order valence-electron chi connectivity index (χ3n) is 1.90. The summed E-state index contributed by atoms with van der Waals surface area (Å²) in [5.74, 6) is -2.94. The zero-order chi connectivity index (χ0) is 13.0. The third kappa shape index (κ3) is 3.82. The van der Waals surface area contributed by atoms with E-state index < -0.39 is 29.6 Å². The number of benzene rings is 1. The molecule has 0 saturated carbocycles. The monoisotopic (exact) mass is 243 g/mol. The number of ether oxygens (including phenoxy) is 1. The largest absolute Gasteiger partial charge is 0.453 e. The van der Waals surface area contributed by atoms with Gasteiger partial charge in [-0.2, -0.15) is 0 Å². The molecule has 1 N–H and O–H groups in total. The molecule has 0 aliphatic heterocycles. The van der Waals surface area contributed by atoms with E-state index in [4.69, 9.17) is 0 Å². The predicted molar refractivity (Wildman–Crippen MR) is 56.2 cm³/mol. The first kappa shape index (κ1) is 13.1. The lowest BCUT2D eigenvalue weighted by Crippen LogP contribution is -2.29. The van der Waals surface area contributed by atoms with Crippen LogP contribution in [0.5, 0.6) is 0 Å². The van der Waals surface area contributed by atoms with Crippen molar-refractivity contribution in [1.82, 2.24) is 0 Å². The highest BCUT2D eigenvalue weighted by molar-refractivity contribution is 5.95. The van der Waals surface area contributed by atoms with Crippen molar-refractivity contribution in [2.45, 2.75) is 20.0 Å². The normalized spacial score (nSPS) is 11.8. The van der Waals surface area contributed by atoms with Gasteiger partial charge >= 0.3 is 5.97 Å². The minimum Gasteiger partial charge on any atom is -0.453 e. The molecule has 0 fully saturated rings. The Kier molecular flexibility index (Phi) is 4.14. The Morgan fingerprint density at radius 3 is 2.53 bits per heavy atom. The van der Waals surface area contributed by atoms with Crippen LogP contribution in [-0.2, 0) is 14.3 Å². The lowest BCUT2D eigenvalue weighted by atomic mass is 10.2. The molecule has 0 heterocycles. The van der Waals surface area contributed by atoms with E-state index in [1.807, 2.05) is 0 Å². The topological polar surface area (TPSA) is 55.4 Å². The Bertz CT molecular complexity index is 448. The molecule has 0 aromatic heterocycles. The van der Waals surface area contributed by atoms with Crippen LogP contribution < -0.4 is 5.32 Å². The first-order valence-electron chi connectivity index (χ1n) is 4.83. The van der Waals surface area contributed by atoms with Gasteiger partial charge in [0, 0.05) is 13.0 Å². The molecule has 1 aromatic rings. The number of hydrogen-bond acceptors (Lipinski definition) is 3. The van der Waals surface area contributed by atoms with Gasteiger partial charge in [0.15, 0.2) is 6.10 Å². The summed E-state index contributed by atoms with van der Waals surface area (Å²) in [5, 5.41) is 2.18. The first-order chi connectivity index (χ1) is 7.90. The van der Waals surface area contributed by atoms with E-state index in [2.05, 4.69) is 10.1 Å². The molecule has 6 heteroatoms.